The Hall–Kier alpha value is -2.88. The van der Waals surface area contributed by atoms with Gasteiger partial charge in [0.1, 0.15) is 0 Å². The first-order valence-corrected chi connectivity index (χ1v) is 8.37. The third kappa shape index (κ3) is 3.63. The van der Waals surface area contributed by atoms with Crippen LogP contribution in [0.3, 0.4) is 0 Å². The Labute approximate surface area is 147 Å². The maximum absolute atomic E-state index is 12.5. The number of pyridine rings is 1. The van der Waals surface area contributed by atoms with Gasteiger partial charge in [-0.1, -0.05) is 42.5 Å². The van der Waals surface area contributed by atoms with Gasteiger partial charge in [-0.2, -0.15) is 0 Å². The van der Waals surface area contributed by atoms with Crippen molar-refractivity contribution in [1.82, 2.24) is 9.88 Å². The van der Waals surface area contributed by atoms with Crippen LogP contribution in [0.15, 0.2) is 53.3 Å². The fourth-order valence-electron chi connectivity index (χ4n) is 2.98. The Morgan fingerprint density at radius 3 is 2.44 bits per heavy atom. The van der Waals surface area contributed by atoms with Crippen molar-refractivity contribution in [3.63, 3.8) is 0 Å². The van der Waals surface area contributed by atoms with Gasteiger partial charge >= 0.3 is 0 Å². The van der Waals surface area contributed by atoms with Gasteiger partial charge in [0, 0.05) is 19.0 Å². The van der Waals surface area contributed by atoms with Crippen LogP contribution in [0.2, 0.25) is 0 Å². The molecule has 0 unspecified atom stereocenters. The van der Waals surface area contributed by atoms with Crippen LogP contribution in [0.5, 0.6) is 0 Å². The smallest absolute Gasteiger partial charge is 0.253 e. The second-order valence-electron chi connectivity index (χ2n) is 6.46. The minimum absolute atomic E-state index is 0.0524. The maximum Gasteiger partial charge on any atom is 0.253 e. The molecule has 0 saturated carbocycles. The summed E-state index contributed by atoms with van der Waals surface area (Å²) in [7, 11) is 0. The highest BCUT2D eigenvalue weighted by Gasteiger charge is 2.14. The number of aromatic amines is 1. The lowest BCUT2D eigenvalue weighted by Crippen LogP contribution is -2.30. The van der Waals surface area contributed by atoms with Crippen molar-refractivity contribution < 1.29 is 4.79 Å². The number of hydrogen-bond donors (Lipinski definition) is 1. The van der Waals surface area contributed by atoms with E-state index in [0.717, 1.165) is 27.6 Å². The monoisotopic (exact) mass is 334 g/mol. The van der Waals surface area contributed by atoms with E-state index >= 15 is 0 Å². The van der Waals surface area contributed by atoms with Gasteiger partial charge in [-0.3, -0.25) is 9.59 Å². The number of aromatic nitrogens is 1. The average molecular weight is 334 g/mol. The Bertz CT molecular complexity index is 974. The van der Waals surface area contributed by atoms with Crippen molar-refractivity contribution in [2.24, 2.45) is 0 Å². The van der Waals surface area contributed by atoms with Crippen LogP contribution in [0.25, 0.3) is 10.9 Å². The highest BCUT2D eigenvalue weighted by atomic mass is 16.2. The molecular formula is C21H22N2O2. The summed E-state index contributed by atoms with van der Waals surface area (Å²) in [5.74, 6) is -0.0524. The molecule has 1 heterocycles. The van der Waals surface area contributed by atoms with Gasteiger partial charge in [0.25, 0.3) is 5.56 Å². The second-order valence-corrected chi connectivity index (χ2v) is 6.46. The summed E-state index contributed by atoms with van der Waals surface area (Å²) in [5, 5.41) is 0.987. The van der Waals surface area contributed by atoms with E-state index in [1.807, 2.05) is 62.4 Å². The molecule has 1 aromatic heterocycles. The predicted molar refractivity (Wildman–Crippen MR) is 100 cm³/mol. The van der Waals surface area contributed by atoms with E-state index in [1.165, 1.54) is 6.92 Å². The zero-order valence-electron chi connectivity index (χ0n) is 14.8. The molecule has 4 heteroatoms. The zero-order valence-corrected chi connectivity index (χ0v) is 14.8. The number of amides is 1. The summed E-state index contributed by atoms with van der Waals surface area (Å²) in [4.78, 5) is 29.2. The number of hydrogen-bond acceptors (Lipinski definition) is 2. The van der Waals surface area contributed by atoms with E-state index in [9.17, 15) is 9.59 Å². The lowest BCUT2D eigenvalue weighted by atomic mass is 10.0. The number of nitrogens with one attached hydrogen (secondary N) is 1. The van der Waals surface area contributed by atoms with Crippen molar-refractivity contribution in [2.45, 2.75) is 33.9 Å². The van der Waals surface area contributed by atoms with Crippen molar-refractivity contribution in [1.29, 1.82) is 0 Å². The molecule has 0 aliphatic carbocycles. The van der Waals surface area contributed by atoms with Gasteiger partial charge in [0.2, 0.25) is 5.91 Å². The molecule has 0 radical (unpaired) electrons. The number of fused-ring (bicyclic) bond motifs is 1. The Balaban J connectivity index is 1.94. The standard InChI is InChI=1S/C21H22N2O2/c1-14-9-10-18-11-19(21(25)22-20(18)15(14)2)13-23(16(3)24)12-17-7-5-4-6-8-17/h4-11H,12-13H2,1-3H3,(H,22,25). The van der Waals surface area contributed by atoms with Gasteiger partial charge in [-0.15, -0.1) is 0 Å². The van der Waals surface area contributed by atoms with E-state index < -0.39 is 0 Å². The van der Waals surface area contributed by atoms with Gasteiger partial charge in [-0.05, 0) is 42.0 Å². The molecule has 128 valence electrons. The molecule has 0 fully saturated rings. The lowest BCUT2D eigenvalue weighted by molar-refractivity contribution is -0.130. The van der Waals surface area contributed by atoms with Crippen LogP contribution in [0.4, 0.5) is 0 Å². The lowest BCUT2D eigenvalue weighted by Gasteiger charge is -2.21. The summed E-state index contributed by atoms with van der Waals surface area (Å²) in [6.45, 7) is 6.34. The first-order valence-electron chi connectivity index (χ1n) is 8.37. The summed E-state index contributed by atoms with van der Waals surface area (Å²) >= 11 is 0. The second kappa shape index (κ2) is 6.93. The molecule has 0 aliphatic rings. The Kier molecular flexibility index (Phi) is 4.70. The average Bonchev–Trinajstić information content (AvgIpc) is 2.60. The highest BCUT2D eigenvalue weighted by Crippen LogP contribution is 2.19. The van der Waals surface area contributed by atoms with Crippen molar-refractivity contribution >= 4 is 16.8 Å². The summed E-state index contributed by atoms with van der Waals surface area (Å²) in [5.41, 5.74) is 4.59. The maximum atomic E-state index is 12.5. The van der Waals surface area contributed by atoms with E-state index in [4.69, 9.17) is 0 Å². The SMILES string of the molecule is CC(=O)N(Cc1ccccc1)Cc1cc2ccc(C)c(C)c2[nH]c1=O. The fraction of sp³-hybridized carbons (Fsp3) is 0.238. The molecule has 1 N–H and O–H groups in total. The molecule has 1 amide bonds. The highest BCUT2D eigenvalue weighted by molar-refractivity contribution is 5.83. The number of aryl methyl sites for hydroxylation is 2. The zero-order chi connectivity index (χ0) is 18.0. The molecule has 4 nitrogen and oxygen atoms in total. The molecule has 25 heavy (non-hydrogen) atoms. The van der Waals surface area contributed by atoms with Crippen molar-refractivity contribution in [3.8, 4) is 0 Å². The minimum Gasteiger partial charge on any atom is -0.334 e. The summed E-state index contributed by atoms with van der Waals surface area (Å²) < 4.78 is 0. The van der Waals surface area contributed by atoms with Crippen LogP contribution in [0, 0.1) is 13.8 Å². The number of carbonyl (C=O) groups excluding carboxylic acids is 1. The molecule has 0 spiro atoms. The van der Waals surface area contributed by atoms with Crippen LogP contribution in [0.1, 0.15) is 29.2 Å². The largest absolute Gasteiger partial charge is 0.334 e. The Morgan fingerprint density at radius 2 is 1.76 bits per heavy atom. The molecule has 0 aliphatic heterocycles. The van der Waals surface area contributed by atoms with Crippen LogP contribution >= 0.6 is 0 Å². The van der Waals surface area contributed by atoms with Crippen molar-refractivity contribution in [3.05, 3.63) is 81.1 Å². The molecule has 2 aromatic carbocycles. The summed E-state index contributed by atoms with van der Waals surface area (Å²) in [6, 6.07) is 15.7. The van der Waals surface area contributed by atoms with Crippen LogP contribution in [-0.4, -0.2) is 15.8 Å². The number of rotatable bonds is 4. The predicted octanol–water partition coefficient (Wildman–Crippen LogP) is 3.69. The van der Waals surface area contributed by atoms with Crippen LogP contribution < -0.4 is 5.56 Å². The topological polar surface area (TPSA) is 53.2 Å². The van der Waals surface area contributed by atoms with Crippen molar-refractivity contribution in [2.75, 3.05) is 0 Å². The molecule has 3 aromatic rings. The third-order valence-corrected chi connectivity index (χ3v) is 4.65. The number of benzene rings is 2. The number of H-pyrrole nitrogens is 1. The van der Waals surface area contributed by atoms with Crippen LogP contribution in [-0.2, 0) is 17.9 Å². The quantitative estimate of drug-likeness (QED) is 0.791. The molecule has 0 bridgehead atoms. The van der Waals surface area contributed by atoms with Gasteiger partial charge < -0.3 is 9.88 Å². The normalized spacial score (nSPS) is 10.8. The summed E-state index contributed by atoms with van der Waals surface area (Å²) in [6.07, 6.45) is 0. The molecule has 0 saturated heterocycles. The molecule has 3 rings (SSSR count). The van der Waals surface area contributed by atoms with E-state index in [-0.39, 0.29) is 11.5 Å². The number of carbonyl (C=O) groups is 1. The first-order chi connectivity index (χ1) is 12.0. The fourth-order valence-corrected chi connectivity index (χ4v) is 2.98. The Morgan fingerprint density at radius 1 is 1.04 bits per heavy atom. The number of nitrogens with zero attached hydrogens (tertiary/aromatic N) is 1. The van der Waals surface area contributed by atoms with E-state index in [0.29, 0.717) is 18.7 Å². The minimum atomic E-state index is -0.138. The van der Waals surface area contributed by atoms with E-state index in [1.54, 1.807) is 4.90 Å². The third-order valence-electron chi connectivity index (χ3n) is 4.65. The van der Waals surface area contributed by atoms with Gasteiger partial charge in [0.05, 0.1) is 12.1 Å². The first kappa shape index (κ1) is 17.0. The van der Waals surface area contributed by atoms with Gasteiger partial charge in [0.15, 0.2) is 0 Å². The molecule has 0 atom stereocenters. The van der Waals surface area contributed by atoms with E-state index in [2.05, 4.69) is 4.98 Å². The van der Waals surface area contributed by atoms with Gasteiger partial charge in [-0.25, -0.2) is 0 Å². The molecular weight excluding hydrogens is 312 g/mol.